The van der Waals surface area contributed by atoms with Crippen LogP contribution in [0, 0.1) is 20.8 Å². The number of aryl methyl sites for hydroxylation is 2. The smallest absolute Gasteiger partial charge is 0.195 e. The summed E-state index contributed by atoms with van der Waals surface area (Å²) < 4.78 is 0. The maximum absolute atomic E-state index is 10.5. The van der Waals surface area contributed by atoms with Crippen molar-refractivity contribution in [3.8, 4) is 0 Å². The number of carbonyl (C=O) groups is 1. The van der Waals surface area contributed by atoms with Gasteiger partial charge in [0.1, 0.15) is 0 Å². The Kier molecular flexibility index (Phi) is 1.85. The predicted molar refractivity (Wildman–Crippen MR) is 40.2 cm³/mol. The molecule has 0 amide bonds. The van der Waals surface area contributed by atoms with Gasteiger partial charge >= 0.3 is 0 Å². The summed E-state index contributed by atoms with van der Waals surface area (Å²) in [5.74, 6) is -0.443. The Morgan fingerprint density at radius 2 is 2.20 bits per heavy atom. The molecule has 0 atom stereocenters. The van der Waals surface area contributed by atoms with Crippen molar-refractivity contribution in [2.75, 3.05) is 0 Å². The second kappa shape index (κ2) is 2.50. The van der Waals surface area contributed by atoms with E-state index in [1.54, 1.807) is 0 Å². The average Bonchev–Trinajstić information content (AvgIpc) is 2.13. The molecule has 0 saturated heterocycles. The molecule has 0 unspecified atom stereocenters. The van der Waals surface area contributed by atoms with Gasteiger partial charge in [-0.2, -0.15) is 0 Å². The Bertz CT molecular complexity index is 245. The second-order valence-corrected chi connectivity index (χ2v) is 3.23. The van der Waals surface area contributed by atoms with Crippen LogP contribution in [-0.4, -0.2) is 10.8 Å². The molecule has 0 aliphatic heterocycles. The van der Waals surface area contributed by atoms with E-state index in [-0.39, 0.29) is 0 Å². The molecule has 0 aliphatic carbocycles. The molecule has 1 heterocycles. The van der Waals surface area contributed by atoms with Crippen LogP contribution < -0.4 is 0 Å². The summed E-state index contributed by atoms with van der Waals surface area (Å²) in [4.78, 5) is 15.5. The molecule has 0 saturated carbocycles. The van der Waals surface area contributed by atoms with Crippen molar-refractivity contribution in [3.05, 3.63) is 22.5 Å². The van der Waals surface area contributed by atoms with Crippen LogP contribution >= 0.6 is 11.3 Å². The average molecular weight is 153 g/mol. The molecule has 0 bridgehead atoms. The van der Waals surface area contributed by atoms with Gasteiger partial charge in [-0.15, -0.1) is 11.3 Å². The summed E-state index contributed by atoms with van der Waals surface area (Å²) in [6, 6.07) is 0. The summed E-state index contributed by atoms with van der Waals surface area (Å²) in [6.07, 6.45) is 0. The van der Waals surface area contributed by atoms with Crippen LogP contribution in [0.4, 0.5) is 0 Å². The first kappa shape index (κ1) is 7.41. The topological polar surface area (TPSA) is 30.0 Å². The number of ketones is 1. The van der Waals surface area contributed by atoms with Gasteiger partial charge < -0.3 is 0 Å². The zero-order chi connectivity index (χ0) is 7.72. The monoisotopic (exact) mass is 153 g/mol. The predicted octanol–water partition coefficient (Wildman–Crippen LogP) is 1.65. The molecule has 0 aliphatic rings. The van der Waals surface area contributed by atoms with Crippen LogP contribution in [-0.2, 0) is 0 Å². The van der Waals surface area contributed by atoms with Crippen molar-refractivity contribution < 1.29 is 4.79 Å². The van der Waals surface area contributed by atoms with Crippen molar-refractivity contribution in [1.82, 2.24) is 4.98 Å². The highest BCUT2D eigenvalue weighted by Gasteiger charge is 2.06. The Morgan fingerprint density at radius 3 is 2.40 bits per heavy atom. The lowest BCUT2D eigenvalue weighted by Gasteiger charge is -1.79. The van der Waals surface area contributed by atoms with E-state index in [0.717, 1.165) is 10.6 Å². The zero-order valence-corrected chi connectivity index (χ0v) is 6.66. The SMILES string of the molecule is [CH]C(=O)c1nc(C)c(C)s1. The lowest BCUT2D eigenvalue weighted by Crippen LogP contribution is -1.89. The standard InChI is InChI=1S/C7H7NOS/c1-4-6(3)10-7(8-4)5(2)9/h2H,1,3H3. The summed E-state index contributed by atoms with van der Waals surface area (Å²) in [5, 5.41) is 0.398. The van der Waals surface area contributed by atoms with E-state index in [1.807, 2.05) is 13.8 Å². The quantitative estimate of drug-likeness (QED) is 0.574. The van der Waals surface area contributed by atoms with Crippen molar-refractivity contribution in [3.63, 3.8) is 0 Å². The van der Waals surface area contributed by atoms with E-state index in [4.69, 9.17) is 6.92 Å². The van der Waals surface area contributed by atoms with E-state index in [2.05, 4.69) is 4.98 Å². The molecule has 0 fully saturated rings. The van der Waals surface area contributed by atoms with E-state index in [9.17, 15) is 4.79 Å². The first-order valence-corrected chi connectivity index (χ1v) is 3.66. The van der Waals surface area contributed by atoms with Gasteiger partial charge in [-0.25, -0.2) is 4.98 Å². The fourth-order valence-electron chi connectivity index (χ4n) is 0.578. The van der Waals surface area contributed by atoms with E-state index in [1.165, 1.54) is 11.3 Å². The van der Waals surface area contributed by atoms with Crippen LogP contribution in [0.3, 0.4) is 0 Å². The molecule has 0 aromatic carbocycles. The largest absolute Gasteiger partial charge is 0.291 e. The number of rotatable bonds is 1. The molecule has 10 heavy (non-hydrogen) atoms. The number of nitrogens with zero attached hydrogens (tertiary/aromatic N) is 1. The van der Waals surface area contributed by atoms with Gasteiger partial charge in [0.05, 0.1) is 5.69 Å². The summed E-state index contributed by atoms with van der Waals surface area (Å²) in [7, 11) is 0. The maximum Gasteiger partial charge on any atom is 0.195 e. The van der Waals surface area contributed by atoms with Gasteiger partial charge in [0, 0.05) is 11.8 Å². The molecule has 1 aromatic rings. The van der Waals surface area contributed by atoms with Gasteiger partial charge in [0.2, 0.25) is 0 Å². The number of hydrogen-bond acceptors (Lipinski definition) is 3. The third-order valence-corrected chi connectivity index (χ3v) is 2.33. The van der Waals surface area contributed by atoms with Gasteiger partial charge in [0.25, 0.3) is 0 Å². The zero-order valence-electron chi connectivity index (χ0n) is 5.84. The molecule has 1 rings (SSSR count). The highest BCUT2D eigenvalue weighted by atomic mass is 32.1. The number of hydrogen-bond donors (Lipinski definition) is 0. The minimum Gasteiger partial charge on any atom is -0.291 e. The molecular formula is C7H7NOS. The second-order valence-electron chi connectivity index (χ2n) is 2.02. The van der Waals surface area contributed by atoms with Crippen LogP contribution in [0.5, 0.6) is 0 Å². The molecule has 2 nitrogen and oxygen atoms in total. The summed E-state index contributed by atoms with van der Waals surface area (Å²) >= 11 is 1.34. The normalized spacial score (nSPS) is 9.90. The first-order chi connectivity index (χ1) is 4.61. The van der Waals surface area contributed by atoms with Crippen LogP contribution in [0.1, 0.15) is 20.4 Å². The summed E-state index contributed by atoms with van der Waals surface area (Å²) in [6.45, 7) is 8.78. The Balaban J connectivity index is 3.10. The third kappa shape index (κ3) is 1.24. The number of thiazole rings is 1. The van der Waals surface area contributed by atoms with Crippen molar-refractivity contribution in [2.24, 2.45) is 0 Å². The highest BCUT2D eigenvalue weighted by molar-refractivity contribution is 7.13. The van der Waals surface area contributed by atoms with Crippen LogP contribution in [0.25, 0.3) is 0 Å². The third-order valence-electron chi connectivity index (χ3n) is 1.24. The molecule has 2 radical (unpaired) electrons. The minimum absolute atomic E-state index is 0.398. The number of aromatic nitrogens is 1. The molecule has 52 valence electrons. The van der Waals surface area contributed by atoms with Crippen LogP contribution in [0.2, 0.25) is 0 Å². The Hall–Kier alpha value is -0.700. The highest BCUT2D eigenvalue weighted by Crippen LogP contribution is 2.16. The lowest BCUT2D eigenvalue weighted by atomic mass is 10.4. The van der Waals surface area contributed by atoms with Crippen LogP contribution in [0.15, 0.2) is 0 Å². The molecular weight excluding hydrogens is 146 g/mol. The Morgan fingerprint density at radius 1 is 1.60 bits per heavy atom. The molecule has 0 spiro atoms. The molecule has 3 heteroatoms. The van der Waals surface area contributed by atoms with Crippen molar-refractivity contribution >= 4 is 17.1 Å². The Labute approximate surface area is 63.9 Å². The fourth-order valence-corrected chi connectivity index (χ4v) is 1.34. The van der Waals surface area contributed by atoms with Gasteiger partial charge in [-0.3, -0.25) is 4.79 Å². The van der Waals surface area contributed by atoms with Crippen molar-refractivity contribution in [2.45, 2.75) is 13.8 Å². The fraction of sp³-hybridized carbons (Fsp3) is 0.286. The minimum atomic E-state index is -0.443. The molecule has 1 aromatic heterocycles. The first-order valence-electron chi connectivity index (χ1n) is 2.85. The number of Topliss-reactive ketones (excluding diaryl/α,β-unsaturated/α-hetero) is 1. The van der Waals surface area contributed by atoms with E-state index >= 15 is 0 Å². The number of carbonyl (C=O) groups excluding carboxylic acids is 1. The van der Waals surface area contributed by atoms with Gasteiger partial charge in [0.15, 0.2) is 10.8 Å². The van der Waals surface area contributed by atoms with Gasteiger partial charge in [-0.1, -0.05) is 0 Å². The van der Waals surface area contributed by atoms with E-state index in [0.29, 0.717) is 5.01 Å². The van der Waals surface area contributed by atoms with Crippen molar-refractivity contribution in [1.29, 1.82) is 0 Å². The molecule has 0 N–H and O–H groups in total. The van der Waals surface area contributed by atoms with Gasteiger partial charge in [-0.05, 0) is 13.8 Å². The summed E-state index contributed by atoms with van der Waals surface area (Å²) in [5.41, 5.74) is 0.888. The lowest BCUT2D eigenvalue weighted by molar-refractivity contribution is 0.104. The maximum atomic E-state index is 10.5. The van der Waals surface area contributed by atoms with E-state index < -0.39 is 5.78 Å².